The first kappa shape index (κ1) is 12.1. The molecule has 0 radical (unpaired) electrons. The van der Waals surface area contributed by atoms with Gasteiger partial charge in [0.15, 0.2) is 0 Å². The van der Waals surface area contributed by atoms with Crippen LogP contribution in [0.2, 0.25) is 0 Å². The van der Waals surface area contributed by atoms with E-state index in [2.05, 4.69) is 20.2 Å². The molecule has 0 aliphatic carbocycles. The Morgan fingerprint density at radius 3 is 2.78 bits per heavy atom. The highest BCUT2D eigenvalue weighted by Gasteiger charge is 2.38. The van der Waals surface area contributed by atoms with Crippen molar-refractivity contribution in [2.24, 2.45) is 5.41 Å². The second-order valence-electron chi connectivity index (χ2n) is 5.86. The molecule has 4 nitrogen and oxygen atoms in total. The molecule has 0 amide bonds. The Morgan fingerprint density at radius 1 is 1.22 bits per heavy atom. The number of aromatic nitrogens is 2. The summed E-state index contributed by atoms with van der Waals surface area (Å²) in [7, 11) is 0. The van der Waals surface area contributed by atoms with E-state index in [-0.39, 0.29) is 0 Å². The molecule has 18 heavy (non-hydrogen) atoms. The fraction of sp³-hybridized carbons (Fsp3) is 0.714. The highest BCUT2D eigenvalue weighted by Crippen LogP contribution is 2.38. The zero-order valence-electron chi connectivity index (χ0n) is 11.2. The van der Waals surface area contributed by atoms with Crippen molar-refractivity contribution in [1.82, 2.24) is 20.2 Å². The van der Waals surface area contributed by atoms with Crippen molar-refractivity contribution in [1.29, 1.82) is 0 Å². The Balaban J connectivity index is 1.60. The van der Waals surface area contributed by atoms with Gasteiger partial charge in [0.25, 0.3) is 0 Å². The van der Waals surface area contributed by atoms with Crippen LogP contribution in [0.4, 0.5) is 0 Å². The minimum Gasteiger partial charge on any atom is -0.317 e. The Morgan fingerprint density at radius 2 is 2.06 bits per heavy atom. The number of rotatable bonds is 2. The molecule has 2 aliphatic heterocycles. The van der Waals surface area contributed by atoms with Crippen LogP contribution < -0.4 is 5.32 Å². The molecule has 0 atom stereocenters. The van der Waals surface area contributed by atoms with Crippen LogP contribution in [0, 0.1) is 12.3 Å². The van der Waals surface area contributed by atoms with Gasteiger partial charge in [0.1, 0.15) is 0 Å². The molecule has 2 aliphatic rings. The van der Waals surface area contributed by atoms with E-state index in [9.17, 15) is 0 Å². The maximum atomic E-state index is 4.46. The molecule has 0 saturated carbocycles. The Hall–Kier alpha value is -1.00. The molecule has 3 heterocycles. The van der Waals surface area contributed by atoms with Crippen LogP contribution in [0.3, 0.4) is 0 Å². The van der Waals surface area contributed by atoms with E-state index in [4.69, 9.17) is 0 Å². The zero-order valence-corrected chi connectivity index (χ0v) is 11.2. The molecule has 1 spiro atoms. The second kappa shape index (κ2) is 4.94. The standard InChI is InChI=1S/C14H22N4/c1-12-8-17-13(9-16-12)10-18-7-4-14(11-18)2-5-15-6-3-14/h8-9,15H,2-7,10-11H2,1H3. The summed E-state index contributed by atoms with van der Waals surface area (Å²) in [4.78, 5) is 11.3. The molecule has 3 rings (SSSR count). The molecule has 1 aromatic rings. The normalized spacial score (nSPS) is 23.6. The zero-order chi connectivity index (χ0) is 12.4. The van der Waals surface area contributed by atoms with E-state index in [0.717, 1.165) is 17.9 Å². The lowest BCUT2D eigenvalue weighted by Crippen LogP contribution is -2.38. The second-order valence-corrected chi connectivity index (χ2v) is 5.86. The molecule has 2 saturated heterocycles. The van der Waals surface area contributed by atoms with Crippen LogP contribution >= 0.6 is 0 Å². The topological polar surface area (TPSA) is 41.1 Å². The lowest BCUT2D eigenvalue weighted by molar-refractivity contribution is 0.193. The summed E-state index contributed by atoms with van der Waals surface area (Å²) in [6.07, 6.45) is 7.81. The first-order chi connectivity index (χ1) is 8.76. The third kappa shape index (κ3) is 2.54. The molecule has 1 aromatic heterocycles. The van der Waals surface area contributed by atoms with Gasteiger partial charge >= 0.3 is 0 Å². The van der Waals surface area contributed by atoms with Crippen molar-refractivity contribution < 1.29 is 0 Å². The minimum atomic E-state index is 0.587. The van der Waals surface area contributed by atoms with E-state index >= 15 is 0 Å². The van der Waals surface area contributed by atoms with Gasteiger partial charge in [-0.05, 0) is 51.2 Å². The predicted molar refractivity (Wildman–Crippen MR) is 71.2 cm³/mol. The largest absolute Gasteiger partial charge is 0.317 e. The number of nitrogens with zero attached hydrogens (tertiary/aromatic N) is 3. The first-order valence-corrected chi connectivity index (χ1v) is 6.96. The van der Waals surface area contributed by atoms with E-state index < -0.39 is 0 Å². The molecule has 98 valence electrons. The van der Waals surface area contributed by atoms with Gasteiger partial charge in [-0.25, -0.2) is 0 Å². The lowest BCUT2D eigenvalue weighted by Gasteiger charge is -2.33. The Labute approximate surface area is 109 Å². The van der Waals surface area contributed by atoms with Crippen molar-refractivity contribution in [3.8, 4) is 0 Å². The van der Waals surface area contributed by atoms with Crippen molar-refractivity contribution in [3.05, 3.63) is 23.8 Å². The van der Waals surface area contributed by atoms with E-state index in [0.29, 0.717) is 5.41 Å². The molecule has 0 aromatic carbocycles. The maximum absolute atomic E-state index is 4.46. The summed E-state index contributed by atoms with van der Waals surface area (Å²) < 4.78 is 0. The summed E-state index contributed by atoms with van der Waals surface area (Å²) in [6.45, 7) is 7.79. The van der Waals surface area contributed by atoms with Crippen LogP contribution in [0.5, 0.6) is 0 Å². The fourth-order valence-electron chi connectivity index (χ4n) is 3.26. The molecule has 1 N–H and O–H groups in total. The summed E-state index contributed by atoms with van der Waals surface area (Å²) in [6, 6.07) is 0. The van der Waals surface area contributed by atoms with Gasteiger partial charge in [0.2, 0.25) is 0 Å². The Bertz CT molecular complexity index is 395. The van der Waals surface area contributed by atoms with Crippen LogP contribution in [-0.2, 0) is 6.54 Å². The number of aryl methyl sites for hydroxylation is 1. The van der Waals surface area contributed by atoms with Crippen molar-refractivity contribution >= 4 is 0 Å². The number of hydrogen-bond donors (Lipinski definition) is 1. The highest BCUT2D eigenvalue weighted by molar-refractivity contribution is 5.02. The number of hydrogen-bond acceptors (Lipinski definition) is 4. The van der Waals surface area contributed by atoms with E-state index in [1.807, 2.05) is 19.3 Å². The van der Waals surface area contributed by atoms with Gasteiger partial charge in [-0.3, -0.25) is 14.9 Å². The average Bonchev–Trinajstić information content (AvgIpc) is 2.76. The van der Waals surface area contributed by atoms with Crippen LogP contribution in [0.15, 0.2) is 12.4 Å². The predicted octanol–water partition coefficient (Wildman–Crippen LogP) is 1.36. The van der Waals surface area contributed by atoms with Crippen LogP contribution in [0.25, 0.3) is 0 Å². The number of nitrogens with one attached hydrogen (secondary N) is 1. The summed E-state index contributed by atoms with van der Waals surface area (Å²) in [5.74, 6) is 0. The average molecular weight is 246 g/mol. The van der Waals surface area contributed by atoms with Gasteiger partial charge in [-0.2, -0.15) is 0 Å². The van der Waals surface area contributed by atoms with Crippen LogP contribution in [0.1, 0.15) is 30.7 Å². The first-order valence-electron chi connectivity index (χ1n) is 6.96. The SMILES string of the molecule is Cc1cnc(CN2CCC3(CCNCC3)C2)cn1. The third-order valence-corrected chi connectivity index (χ3v) is 4.40. The molecule has 2 fully saturated rings. The minimum absolute atomic E-state index is 0.587. The summed E-state index contributed by atoms with van der Waals surface area (Å²) in [5.41, 5.74) is 2.69. The summed E-state index contributed by atoms with van der Waals surface area (Å²) >= 11 is 0. The monoisotopic (exact) mass is 246 g/mol. The van der Waals surface area contributed by atoms with Gasteiger partial charge in [-0.15, -0.1) is 0 Å². The number of likely N-dealkylation sites (tertiary alicyclic amines) is 1. The quantitative estimate of drug-likeness (QED) is 0.855. The lowest BCUT2D eigenvalue weighted by atomic mass is 9.78. The molecule has 4 heteroatoms. The molecule has 0 unspecified atom stereocenters. The van der Waals surface area contributed by atoms with Crippen molar-refractivity contribution in [2.75, 3.05) is 26.2 Å². The highest BCUT2D eigenvalue weighted by atomic mass is 15.2. The van der Waals surface area contributed by atoms with Gasteiger partial charge in [0.05, 0.1) is 11.4 Å². The van der Waals surface area contributed by atoms with Crippen molar-refractivity contribution in [2.45, 2.75) is 32.7 Å². The van der Waals surface area contributed by atoms with E-state index in [1.54, 1.807) is 0 Å². The van der Waals surface area contributed by atoms with Crippen molar-refractivity contribution in [3.63, 3.8) is 0 Å². The number of piperidine rings is 1. The molecular weight excluding hydrogens is 224 g/mol. The maximum Gasteiger partial charge on any atom is 0.0727 e. The molecule has 0 bridgehead atoms. The van der Waals surface area contributed by atoms with Gasteiger partial charge in [0, 0.05) is 25.5 Å². The Kier molecular flexibility index (Phi) is 3.31. The van der Waals surface area contributed by atoms with E-state index in [1.165, 1.54) is 45.4 Å². The third-order valence-electron chi connectivity index (χ3n) is 4.40. The molecular formula is C14H22N4. The van der Waals surface area contributed by atoms with Crippen LogP contribution in [-0.4, -0.2) is 41.0 Å². The smallest absolute Gasteiger partial charge is 0.0727 e. The summed E-state index contributed by atoms with van der Waals surface area (Å²) in [5, 5.41) is 3.47. The van der Waals surface area contributed by atoms with Gasteiger partial charge < -0.3 is 5.32 Å². The van der Waals surface area contributed by atoms with Gasteiger partial charge in [-0.1, -0.05) is 0 Å². The fourth-order valence-corrected chi connectivity index (χ4v) is 3.26.